The SMILES string of the molecule is CCC(C)C(N)C(=O)NC(CC(N)=O)C(=O)NC(CO)C(=O)N1CCCC1C(=O)O. The maximum Gasteiger partial charge on any atom is 0.326 e. The summed E-state index contributed by atoms with van der Waals surface area (Å²) in [5, 5.41) is 23.4. The number of amides is 4. The van der Waals surface area contributed by atoms with Crippen LogP contribution in [0.15, 0.2) is 0 Å². The number of hydrogen-bond donors (Lipinski definition) is 6. The molecule has 0 saturated carbocycles. The molecule has 0 aliphatic carbocycles. The van der Waals surface area contributed by atoms with E-state index >= 15 is 0 Å². The molecule has 1 aliphatic rings. The van der Waals surface area contributed by atoms with Crippen molar-refractivity contribution < 1.29 is 34.2 Å². The second-order valence-electron chi connectivity index (χ2n) is 7.41. The third kappa shape index (κ3) is 6.66. The standard InChI is InChI=1S/C18H31N5O7/c1-3-9(2)14(20)16(27)21-10(7-13(19)25)15(26)22-11(8-24)17(28)23-6-4-5-12(23)18(29)30/h9-12,14,24H,3-8,20H2,1-2H3,(H2,19,25)(H,21,27)(H,22,26)(H,29,30). The third-order valence-electron chi connectivity index (χ3n) is 5.22. The zero-order valence-corrected chi connectivity index (χ0v) is 17.2. The lowest BCUT2D eigenvalue weighted by Crippen LogP contribution is -2.59. The molecule has 1 saturated heterocycles. The Morgan fingerprint density at radius 1 is 1.13 bits per heavy atom. The van der Waals surface area contributed by atoms with Gasteiger partial charge in [0.2, 0.25) is 23.6 Å². The minimum atomic E-state index is -1.44. The van der Waals surface area contributed by atoms with E-state index in [0.717, 1.165) is 4.90 Å². The summed E-state index contributed by atoms with van der Waals surface area (Å²) in [6.45, 7) is 2.97. The average Bonchev–Trinajstić information content (AvgIpc) is 3.19. The summed E-state index contributed by atoms with van der Waals surface area (Å²) in [7, 11) is 0. The number of nitrogens with one attached hydrogen (secondary N) is 2. The van der Waals surface area contributed by atoms with Gasteiger partial charge in [-0.1, -0.05) is 20.3 Å². The van der Waals surface area contributed by atoms with E-state index in [9.17, 15) is 34.2 Å². The molecule has 5 atom stereocenters. The highest BCUT2D eigenvalue weighted by molar-refractivity contribution is 5.96. The molecule has 0 aromatic rings. The number of aliphatic hydroxyl groups excluding tert-OH is 1. The molecule has 0 radical (unpaired) electrons. The van der Waals surface area contributed by atoms with Gasteiger partial charge in [0.05, 0.1) is 19.1 Å². The number of carbonyl (C=O) groups is 5. The van der Waals surface area contributed by atoms with E-state index in [-0.39, 0.29) is 18.9 Å². The van der Waals surface area contributed by atoms with Crippen molar-refractivity contribution in [1.82, 2.24) is 15.5 Å². The van der Waals surface area contributed by atoms with Crippen LogP contribution in [-0.2, 0) is 24.0 Å². The Balaban J connectivity index is 2.89. The quantitative estimate of drug-likeness (QED) is 0.203. The molecule has 12 nitrogen and oxygen atoms in total. The second kappa shape index (κ2) is 11.5. The number of carboxylic acids is 1. The lowest BCUT2D eigenvalue weighted by molar-refractivity contribution is -0.150. The molecule has 0 aromatic heterocycles. The van der Waals surface area contributed by atoms with Crippen molar-refractivity contribution in [2.24, 2.45) is 17.4 Å². The number of aliphatic hydroxyl groups is 1. The molecule has 1 fully saturated rings. The van der Waals surface area contributed by atoms with E-state index in [2.05, 4.69) is 10.6 Å². The maximum atomic E-state index is 12.6. The lowest BCUT2D eigenvalue weighted by atomic mass is 9.99. The summed E-state index contributed by atoms with van der Waals surface area (Å²) in [5.74, 6) is -4.58. The first-order valence-corrected chi connectivity index (χ1v) is 9.82. The fourth-order valence-electron chi connectivity index (χ4n) is 3.14. The minimum Gasteiger partial charge on any atom is -0.480 e. The predicted octanol–water partition coefficient (Wildman–Crippen LogP) is -2.73. The highest BCUT2D eigenvalue weighted by Gasteiger charge is 2.38. The van der Waals surface area contributed by atoms with Gasteiger partial charge in [-0.05, 0) is 18.8 Å². The van der Waals surface area contributed by atoms with Crippen LogP contribution in [0.4, 0.5) is 0 Å². The van der Waals surface area contributed by atoms with Gasteiger partial charge in [0.1, 0.15) is 18.1 Å². The normalized spacial score (nSPS) is 20.0. The zero-order chi connectivity index (χ0) is 23.0. The van der Waals surface area contributed by atoms with Gasteiger partial charge in [-0.25, -0.2) is 4.79 Å². The van der Waals surface area contributed by atoms with Gasteiger partial charge in [0.25, 0.3) is 0 Å². The molecule has 0 spiro atoms. The average molecular weight is 429 g/mol. The second-order valence-corrected chi connectivity index (χ2v) is 7.41. The highest BCUT2D eigenvalue weighted by Crippen LogP contribution is 2.18. The number of rotatable bonds is 11. The molecule has 0 bridgehead atoms. The van der Waals surface area contributed by atoms with Crippen molar-refractivity contribution in [1.29, 1.82) is 0 Å². The number of aliphatic carboxylic acids is 1. The first-order valence-electron chi connectivity index (χ1n) is 9.82. The Morgan fingerprint density at radius 2 is 1.73 bits per heavy atom. The highest BCUT2D eigenvalue weighted by atomic mass is 16.4. The summed E-state index contributed by atoms with van der Waals surface area (Å²) in [4.78, 5) is 61.2. The van der Waals surface area contributed by atoms with E-state index < -0.39 is 66.8 Å². The van der Waals surface area contributed by atoms with Crippen molar-refractivity contribution in [3.8, 4) is 0 Å². The number of carbonyl (C=O) groups excluding carboxylic acids is 4. The van der Waals surface area contributed by atoms with Crippen LogP contribution in [-0.4, -0.2) is 82.0 Å². The van der Waals surface area contributed by atoms with E-state index in [0.29, 0.717) is 12.8 Å². The fraction of sp³-hybridized carbons (Fsp3) is 0.722. The van der Waals surface area contributed by atoms with Crippen LogP contribution >= 0.6 is 0 Å². The first-order chi connectivity index (χ1) is 14.0. The van der Waals surface area contributed by atoms with Crippen LogP contribution in [0.2, 0.25) is 0 Å². The van der Waals surface area contributed by atoms with Crippen LogP contribution in [0.25, 0.3) is 0 Å². The topological polar surface area (TPSA) is 205 Å². The van der Waals surface area contributed by atoms with E-state index in [1.54, 1.807) is 6.92 Å². The Bertz CT molecular complexity index is 671. The summed E-state index contributed by atoms with van der Waals surface area (Å²) < 4.78 is 0. The summed E-state index contributed by atoms with van der Waals surface area (Å²) in [6.07, 6.45) is 0.811. The van der Waals surface area contributed by atoms with E-state index in [1.165, 1.54) is 0 Å². The molecule has 5 unspecified atom stereocenters. The van der Waals surface area contributed by atoms with Gasteiger partial charge in [0.15, 0.2) is 0 Å². The van der Waals surface area contributed by atoms with Crippen LogP contribution in [0.1, 0.15) is 39.5 Å². The largest absolute Gasteiger partial charge is 0.480 e. The number of likely N-dealkylation sites (tertiary alicyclic amines) is 1. The summed E-state index contributed by atoms with van der Waals surface area (Å²) in [5.41, 5.74) is 11.0. The van der Waals surface area contributed by atoms with Crippen molar-refractivity contribution in [2.75, 3.05) is 13.2 Å². The van der Waals surface area contributed by atoms with Crippen LogP contribution in [0.5, 0.6) is 0 Å². The van der Waals surface area contributed by atoms with Crippen molar-refractivity contribution in [3.05, 3.63) is 0 Å². The van der Waals surface area contributed by atoms with Gasteiger partial charge in [-0.15, -0.1) is 0 Å². The number of primary amides is 1. The molecule has 1 aliphatic heterocycles. The molecule has 30 heavy (non-hydrogen) atoms. The molecule has 4 amide bonds. The van der Waals surface area contributed by atoms with E-state index in [4.69, 9.17) is 11.5 Å². The Kier molecular flexibility index (Phi) is 9.66. The van der Waals surface area contributed by atoms with E-state index in [1.807, 2.05) is 6.92 Å². The number of hydrogen-bond acceptors (Lipinski definition) is 7. The molecule has 12 heteroatoms. The van der Waals surface area contributed by atoms with Crippen LogP contribution in [0.3, 0.4) is 0 Å². The van der Waals surface area contributed by atoms with Gasteiger partial charge < -0.3 is 37.2 Å². The van der Waals surface area contributed by atoms with Gasteiger partial charge >= 0.3 is 5.97 Å². The molecule has 0 aromatic carbocycles. The first kappa shape index (κ1) is 25.3. The Morgan fingerprint density at radius 3 is 2.23 bits per heavy atom. The number of carboxylic acid groups (broad SMARTS) is 1. The van der Waals surface area contributed by atoms with Crippen molar-refractivity contribution in [3.63, 3.8) is 0 Å². The number of nitrogens with zero attached hydrogens (tertiary/aromatic N) is 1. The zero-order valence-electron chi connectivity index (χ0n) is 17.2. The maximum absolute atomic E-state index is 12.6. The Labute approximate surface area is 174 Å². The minimum absolute atomic E-state index is 0.174. The van der Waals surface area contributed by atoms with Crippen LogP contribution in [0, 0.1) is 5.92 Å². The van der Waals surface area contributed by atoms with Gasteiger partial charge in [-0.3, -0.25) is 19.2 Å². The summed E-state index contributed by atoms with van der Waals surface area (Å²) >= 11 is 0. The smallest absolute Gasteiger partial charge is 0.326 e. The predicted molar refractivity (Wildman–Crippen MR) is 105 cm³/mol. The summed E-state index contributed by atoms with van der Waals surface area (Å²) in [6, 6.07) is -4.80. The van der Waals surface area contributed by atoms with Crippen molar-refractivity contribution in [2.45, 2.75) is 63.7 Å². The fourth-order valence-corrected chi connectivity index (χ4v) is 3.14. The van der Waals surface area contributed by atoms with Crippen LogP contribution < -0.4 is 22.1 Å². The molecule has 1 heterocycles. The monoisotopic (exact) mass is 429 g/mol. The molecule has 170 valence electrons. The van der Waals surface area contributed by atoms with Crippen molar-refractivity contribution >= 4 is 29.6 Å². The molecular weight excluding hydrogens is 398 g/mol. The number of nitrogens with two attached hydrogens (primary N) is 2. The molecule has 1 rings (SSSR count). The molecule has 8 N–H and O–H groups in total. The van der Waals surface area contributed by atoms with Gasteiger partial charge in [0, 0.05) is 6.54 Å². The Hall–Kier alpha value is -2.73. The lowest BCUT2D eigenvalue weighted by Gasteiger charge is -2.28. The third-order valence-corrected chi connectivity index (χ3v) is 5.22. The molecular formula is C18H31N5O7. The van der Waals surface area contributed by atoms with Gasteiger partial charge in [-0.2, -0.15) is 0 Å².